The van der Waals surface area contributed by atoms with Crippen LogP contribution in [0, 0.1) is 17.7 Å². The predicted octanol–water partition coefficient (Wildman–Crippen LogP) is 5.53. The zero-order valence-corrected chi connectivity index (χ0v) is 30.8. The Hall–Kier alpha value is -4.72. The lowest BCUT2D eigenvalue weighted by Crippen LogP contribution is -2.56. The number of aliphatic carboxylic acids is 1. The van der Waals surface area contributed by atoms with E-state index in [1.165, 1.54) is 29.2 Å². The van der Waals surface area contributed by atoms with Crippen molar-refractivity contribution in [1.82, 2.24) is 16.0 Å². The number of halogens is 1. The van der Waals surface area contributed by atoms with Gasteiger partial charge in [0.1, 0.15) is 29.5 Å². The molecular formula is C37H55FN6O7. The first-order chi connectivity index (χ1) is 23.9. The van der Waals surface area contributed by atoms with Gasteiger partial charge in [-0.1, -0.05) is 52.3 Å². The van der Waals surface area contributed by atoms with Gasteiger partial charge in [-0.05, 0) is 101 Å². The number of benzene rings is 2. The van der Waals surface area contributed by atoms with E-state index in [-0.39, 0.29) is 24.8 Å². The summed E-state index contributed by atoms with van der Waals surface area (Å²) in [7, 11) is 0. The van der Waals surface area contributed by atoms with Crippen molar-refractivity contribution >= 4 is 41.3 Å². The number of nitrogens with zero attached hydrogens (tertiary/aromatic N) is 1. The van der Waals surface area contributed by atoms with Crippen molar-refractivity contribution in [3.63, 3.8) is 0 Å². The standard InChI is InChI=1S/C37H55FN6O7/c1-8-24(4)31(33(46)41-30(34(47)48)20-23(2)3)43-35(49)44(22-25-15-17-26(38)18-16-25)28-13-11-12-27(21-28)40-32(45)29(14-9-10-19-39)42-36(50)51-37(5,6)7/h11-13,15-18,21,23-24,29-31H,8-10,14,19-20,22,39H2,1-7H3,(H,40,45)(H,41,46)(H,42,50)(H,43,49)(H,47,48)/t24-,29-,30-,31-/m0/s1. The lowest BCUT2D eigenvalue weighted by molar-refractivity contribution is -0.142. The minimum atomic E-state index is -1.18. The molecule has 0 aliphatic rings. The summed E-state index contributed by atoms with van der Waals surface area (Å²) in [5, 5.41) is 20.5. The summed E-state index contributed by atoms with van der Waals surface area (Å²) in [6, 6.07) is 8.20. The predicted molar refractivity (Wildman–Crippen MR) is 195 cm³/mol. The number of urea groups is 1. The summed E-state index contributed by atoms with van der Waals surface area (Å²) >= 11 is 0. The number of hydrogen-bond acceptors (Lipinski definition) is 7. The molecule has 2 aromatic carbocycles. The van der Waals surface area contributed by atoms with Crippen molar-refractivity contribution in [3.05, 3.63) is 59.9 Å². The molecule has 0 aliphatic carbocycles. The summed E-state index contributed by atoms with van der Waals surface area (Å²) in [6.07, 6.45) is 1.49. The highest BCUT2D eigenvalue weighted by Crippen LogP contribution is 2.24. The third-order valence-corrected chi connectivity index (χ3v) is 7.97. The zero-order valence-electron chi connectivity index (χ0n) is 30.8. The number of nitrogens with one attached hydrogen (secondary N) is 4. The van der Waals surface area contributed by atoms with Gasteiger partial charge in [-0.15, -0.1) is 0 Å². The molecule has 13 nitrogen and oxygen atoms in total. The molecule has 0 saturated carbocycles. The number of alkyl carbamates (subject to hydrolysis) is 1. The Bertz CT molecular complexity index is 1460. The smallest absolute Gasteiger partial charge is 0.408 e. The lowest BCUT2D eigenvalue weighted by atomic mass is 9.97. The molecule has 0 bridgehead atoms. The molecule has 0 fully saturated rings. The molecule has 282 valence electrons. The van der Waals surface area contributed by atoms with Gasteiger partial charge in [-0.25, -0.2) is 18.8 Å². The number of hydrogen-bond donors (Lipinski definition) is 6. The van der Waals surface area contributed by atoms with Crippen LogP contribution in [-0.4, -0.2) is 65.3 Å². The fourth-order valence-electron chi connectivity index (χ4n) is 5.11. The average Bonchev–Trinajstić information content (AvgIpc) is 3.04. The Balaban J connectivity index is 2.43. The Morgan fingerprint density at radius 1 is 0.922 bits per heavy atom. The quantitative estimate of drug-likeness (QED) is 0.109. The molecule has 7 N–H and O–H groups in total. The monoisotopic (exact) mass is 714 g/mol. The minimum absolute atomic E-state index is 0.00341. The molecule has 2 rings (SSSR count). The molecule has 0 aliphatic heterocycles. The number of carboxylic acids is 1. The summed E-state index contributed by atoms with van der Waals surface area (Å²) < 4.78 is 19.1. The van der Waals surface area contributed by atoms with Crippen molar-refractivity contribution < 1.29 is 38.2 Å². The van der Waals surface area contributed by atoms with Gasteiger partial charge in [-0.2, -0.15) is 0 Å². The van der Waals surface area contributed by atoms with E-state index in [9.17, 15) is 33.5 Å². The highest BCUT2D eigenvalue weighted by molar-refractivity contribution is 5.99. The minimum Gasteiger partial charge on any atom is -0.480 e. The first kappa shape index (κ1) is 42.4. The first-order valence-corrected chi connectivity index (χ1v) is 17.4. The maximum Gasteiger partial charge on any atom is 0.408 e. The molecule has 51 heavy (non-hydrogen) atoms. The third-order valence-electron chi connectivity index (χ3n) is 7.97. The van der Waals surface area contributed by atoms with Crippen LogP contribution < -0.4 is 31.9 Å². The maximum atomic E-state index is 14.1. The van der Waals surface area contributed by atoms with Crippen LogP contribution in [0.15, 0.2) is 48.5 Å². The van der Waals surface area contributed by atoms with E-state index in [4.69, 9.17) is 10.5 Å². The molecule has 4 atom stereocenters. The summed E-state index contributed by atoms with van der Waals surface area (Å²) in [5.74, 6) is -3.14. The van der Waals surface area contributed by atoms with Gasteiger partial charge < -0.3 is 36.8 Å². The Morgan fingerprint density at radius 3 is 2.16 bits per heavy atom. The molecule has 0 unspecified atom stereocenters. The van der Waals surface area contributed by atoms with Gasteiger partial charge in [-0.3, -0.25) is 14.5 Å². The van der Waals surface area contributed by atoms with E-state index in [1.54, 1.807) is 52.0 Å². The van der Waals surface area contributed by atoms with Crippen LogP contribution in [0.3, 0.4) is 0 Å². The molecular weight excluding hydrogens is 659 g/mol. The number of unbranched alkanes of at least 4 members (excludes halogenated alkanes) is 1. The van der Waals surface area contributed by atoms with Gasteiger partial charge >= 0.3 is 18.1 Å². The zero-order chi connectivity index (χ0) is 38.3. The molecule has 2 aromatic rings. The number of rotatable bonds is 18. The van der Waals surface area contributed by atoms with E-state index in [0.29, 0.717) is 49.2 Å². The van der Waals surface area contributed by atoms with Gasteiger partial charge in [0.2, 0.25) is 11.8 Å². The highest BCUT2D eigenvalue weighted by atomic mass is 19.1. The maximum absolute atomic E-state index is 14.1. The topological polar surface area (TPSA) is 192 Å². The van der Waals surface area contributed by atoms with E-state index in [1.807, 2.05) is 20.8 Å². The van der Waals surface area contributed by atoms with Gasteiger partial charge in [0.25, 0.3) is 0 Å². The lowest BCUT2D eigenvalue weighted by Gasteiger charge is -2.30. The van der Waals surface area contributed by atoms with Crippen LogP contribution in [-0.2, 0) is 25.7 Å². The van der Waals surface area contributed by atoms with Crippen LogP contribution in [0.4, 0.5) is 25.4 Å². The van der Waals surface area contributed by atoms with Crippen molar-refractivity contribution in [3.8, 4) is 0 Å². The molecule has 0 spiro atoms. The third kappa shape index (κ3) is 15.0. The van der Waals surface area contributed by atoms with Crippen molar-refractivity contribution in [2.75, 3.05) is 16.8 Å². The second-order valence-corrected chi connectivity index (χ2v) is 14.1. The fraction of sp³-hybridized carbons (Fsp3) is 0.541. The number of amides is 5. The number of nitrogens with two attached hydrogens (primary N) is 1. The van der Waals surface area contributed by atoms with E-state index in [0.717, 1.165) is 0 Å². The van der Waals surface area contributed by atoms with Gasteiger partial charge in [0.05, 0.1) is 6.54 Å². The molecule has 0 radical (unpaired) electrons. The van der Waals surface area contributed by atoms with Crippen LogP contribution in [0.2, 0.25) is 0 Å². The van der Waals surface area contributed by atoms with Crippen molar-refractivity contribution in [1.29, 1.82) is 0 Å². The van der Waals surface area contributed by atoms with Gasteiger partial charge in [0, 0.05) is 11.4 Å². The highest BCUT2D eigenvalue weighted by Gasteiger charge is 2.32. The Kier molecular flexibility index (Phi) is 16.8. The summed E-state index contributed by atoms with van der Waals surface area (Å²) in [4.78, 5) is 66.8. The second-order valence-electron chi connectivity index (χ2n) is 14.1. The number of ether oxygens (including phenoxy) is 1. The van der Waals surface area contributed by atoms with Crippen molar-refractivity contribution in [2.24, 2.45) is 17.6 Å². The Morgan fingerprint density at radius 2 is 1.59 bits per heavy atom. The SMILES string of the molecule is CC[C@H](C)[C@H](NC(=O)N(Cc1ccc(F)cc1)c1cccc(NC(=O)[C@H](CCCCN)NC(=O)OC(C)(C)C)c1)C(=O)N[C@@H](CC(C)C)C(=O)O. The van der Waals surface area contributed by atoms with Crippen LogP contribution in [0.25, 0.3) is 0 Å². The number of anilines is 2. The number of carbonyl (C=O) groups is 5. The fourth-order valence-corrected chi connectivity index (χ4v) is 5.11. The van der Waals surface area contributed by atoms with Crippen LogP contribution in [0.1, 0.15) is 86.1 Å². The van der Waals surface area contributed by atoms with Crippen molar-refractivity contribution in [2.45, 2.75) is 111 Å². The molecule has 0 aromatic heterocycles. The second kappa shape index (κ2) is 20.2. The molecule has 14 heteroatoms. The largest absolute Gasteiger partial charge is 0.480 e. The molecule has 0 heterocycles. The summed E-state index contributed by atoms with van der Waals surface area (Å²) in [5.41, 5.74) is 6.10. The number of carboxylic acid groups (broad SMARTS) is 1. The Labute approximate surface area is 300 Å². The van der Waals surface area contributed by atoms with Gasteiger partial charge in [0.15, 0.2) is 0 Å². The van der Waals surface area contributed by atoms with Crippen LogP contribution >= 0.6 is 0 Å². The summed E-state index contributed by atoms with van der Waals surface area (Å²) in [6.45, 7) is 12.9. The average molecular weight is 715 g/mol. The van der Waals surface area contributed by atoms with E-state index in [2.05, 4.69) is 21.3 Å². The first-order valence-electron chi connectivity index (χ1n) is 17.4. The van der Waals surface area contributed by atoms with E-state index < -0.39 is 59.5 Å². The molecule has 5 amide bonds. The molecule has 0 saturated heterocycles. The normalized spacial score (nSPS) is 13.7. The van der Waals surface area contributed by atoms with E-state index >= 15 is 0 Å². The van der Waals surface area contributed by atoms with Crippen LogP contribution in [0.5, 0.6) is 0 Å². The number of carbonyl (C=O) groups excluding carboxylic acids is 4.